The second kappa shape index (κ2) is 11.5. The zero-order chi connectivity index (χ0) is 29.9. The number of hydrogen-bond acceptors (Lipinski definition) is 5. The minimum absolute atomic E-state index is 0.0814. The Morgan fingerprint density at radius 3 is 2.36 bits per heavy atom. The van der Waals surface area contributed by atoms with E-state index < -0.39 is 41.7 Å². The molecule has 0 saturated carbocycles. The maximum absolute atomic E-state index is 13.1. The van der Waals surface area contributed by atoms with Gasteiger partial charge < -0.3 is 11.1 Å². The van der Waals surface area contributed by atoms with Crippen LogP contribution in [-0.4, -0.2) is 31.1 Å². The molecule has 0 aliphatic carbocycles. The van der Waals surface area contributed by atoms with Gasteiger partial charge in [-0.3, -0.25) is 23.9 Å². The second-order valence-corrected chi connectivity index (χ2v) is 9.28. The van der Waals surface area contributed by atoms with E-state index in [-0.39, 0.29) is 11.4 Å². The number of rotatable bonds is 8. The molecule has 3 heterocycles. The third-order valence-electron chi connectivity index (χ3n) is 6.41. The standard InChI is InChI=1S/C30H23F3N6O3/c31-30(32,33)21-10-4-11-22(15-21)36-26(40)18-38-24(12-5-13-27(38)41)25-16-23(19-7-2-1-3-8-19)37-39(25)28(29(34)42)20-9-6-14-35-17-20/h1-17,28H,18H2,(H2,34,42)(H,36,40). The molecular weight excluding hydrogens is 549 g/mol. The van der Waals surface area contributed by atoms with Crippen molar-refractivity contribution in [3.05, 3.63) is 125 Å². The molecule has 0 aliphatic heterocycles. The second-order valence-electron chi connectivity index (χ2n) is 9.28. The maximum atomic E-state index is 13.1. The monoisotopic (exact) mass is 572 g/mol. The highest BCUT2D eigenvalue weighted by Gasteiger charge is 2.31. The van der Waals surface area contributed by atoms with Crippen LogP contribution in [0.1, 0.15) is 17.2 Å². The third kappa shape index (κ3) is 5.97. The van der Waals surface area contributed by atoms with Gasteiger partial charge in [-0.2, -0.15) is 18.3 Å². The number of alkyl halides is 3. The zero-order valence-electron chi connectivity index (χ0n) is 21.8. The van der Waals surface area contributed by atoms with Crippen molar-refractivity contribution < 1.29 is 22.8 Å². The molecule has 0 fully saturated rings. The van der Waals surface area contributed by atoms with Gasteiger partial charge >= 0.3 is 6.18 Å². The number of nitrogens with two attached hydrogens (primary N) is 1. The van der Waals surface area contributed by atoms with E-state index in [4.69, 9.17) is 5.73 Å². The van der Waals surface area contributed by atoms with Crippen molar-refractivity contribution in [2.24, 2.45) is 5.73 Å². The average molecular weight is 573 g/mol. The highest BCUT2D eigenvalue weighted by Crippen LogP contribution is 2.32. The molecule has 0 radical (unpaired) electrons. The van der Waals surface area contributed by atoms with Crippen molar-refractivity contribution in [1.82, 2.24) is 19.3 Å². The van der Waals surface area contributed by atoms with Crippen LogP contribution in [0.3, 0.4) is 0 Å². The number of aromatic nitrogens is 4. The molecule has 9 nitrogen and oxygen atoms in total. The molecule has 0 saturated heterocycles. The van der Waals surface area contributed by atoms with Gasteiger partial charge in [-0.1, -0.05) is 48.5 Å². The normalized spacial score (nSPS) is 12.1. The molecule has 1 unspecified atom stereocenters. The summed E-state index contributed by atoms with van der Waals surface area (Å²) in [6.45, 7) is -0.536. The quantitative estimate of drug-likeness (QED) is 0.283. The van der Waals surface area contributed by atoms with Crippen molar-refractivity contribution in [3.63, 3.8) is 0 Å². The molecule has 2 aromatic carbocycles. The first-order valence-electron chi connectivity index (χ1n) is 12.6. The predicted molar refractivity (Wildman–Crippen MR) is 149 cm³/mol. The fraction of sp³-hybridized carbons (Fsp3) is 0.100. The Kier molecular flexibility index (Phi) is 7.69. The van der Waals surface area contributed by atoms with Crippen molar-refractivity contribution in [2.75, 3.05) is 5.32 Å². The van der Waals surface area contributed by atoms with Crippen LogP contribution in [0.25, 0.3) is 22.6 Å². The minimum Gasteiger partial charge on any atom is -0.368 e. The van der Waals surface area contributed by atoms with Crippen LogP contribution in [0.5, 0.6) is 0 Å². The summed E-state index contributed by atoms with van der Waals surface area (Å²) in [5.74, 6) is -1.48. The number of anilines is 1. The number of pyridine rings is 2. The van der Waals surface area contributed by atoms with E-state index in [1.54, 1.807) is 30.5 Å². The van der Waals surface area contributed by atoms with Gasteiger partial charge in [-0.05, 0) is 36.4 Å². The molecule has 0 bridgehead atoms. The fourth-order valence-corrected chi connectivity index (χ4v) is 4.52. The van der Waals surface area contributed by atoms with Crippen molar-refractivity contribution >= 4 is 17.5 Å². The van der Waals surface area contributed by atoms with Gasteiger partial charge in [0.2, 0.25) is 11.8 Å². The predicted octanol–water partition coefficient (Wildman–Crippen LogP) is 4.51. The van der Waals surface area contributed by atoms with Crippen LogP contribution in [0.15, 0.2) is 108 Å². The summed E-state index contributed by atoms with van der Waals surface area (Å²) >= 11 is 0. The number of benzene rings is 2. The summed E-state index contributed by atoms with van der Waals surface area (Å²) in [6.07, 6.45) is -1.58. The van der Waals surface area contributed by atoms with Crippen molar-refractivity contribution in [3.8, 4) is 22.6 Å². The summed E-state index contributed by atoms with van der Waals surface area (Å²) in [6, 6.07) is 21.4. The minimum atomic E-state index is -4.59. The van der Waals surface area contributed by atoms with Crippen LogP contribution in [0.4, 0.5) is 18.9 Å². The lowest BCUT2D eigenvalue weighted by Crippen LogP contribution is -2.31. The summed E-state index contributed by atoms with van der Waals surface area (Å²) < 4.78 is 42.0. The highest BCUT2D eigenvalue weighted by molar-refractivity contribution is 5.91. The molecule has 3 N–H and O–H groups in total. The van der Waals surface area contributed by atoms with E-state index in [0.29, 0.717) is 17.0 Å². The lowest BCUT2D eigenvalue weighted by molar-refractivity contribution is -0.137. The van der Waals surface area contributed by atoms with Gasteiger partial charge in [-0.15, -0.1) is 0 Å². The SMILES string of the molecule is NC(=O)C(c1cccnc1)n1nc(-c2ccccc2)cc1-c1cccc(=O)n1CC(=O)Nc1cccc(C(F)(F)F)c1. The lowest BCUT2D eigenvalue weighted by Gasteiger charge is -2.19. The van der Waals surface area contributed by atoms with E-state index in [0.717, 1.165) is 22.3 Å². The van der Waals surface area contributed by atoms with E-state index in [1.165, 1.54) is 35.1 Å². The van der Waals surface area contributed by atoms with E-state index in [1.807, 2.05) is 30.3 Å². The number of primary amides is 1. The van der Waals surface area contributed by atoms with Gasteiger partial charge in [0, 0.05) is 35.3 Å². The molecule has 0 spiro atoms. The summed E-state index contributed by atoms with van der Waals surface area (Å²) in [4.78, 5) is 42.9. The number of nitrogens with zero attached hydrogens (tertiary/aromatic N) is 4. The Balaban J connectivity index is 1.59. The van der Waals surface area contributed by atoms with Crippen molar-refractivity contribution in [1.29, 1.82) is 0 Å². The number of hydrogen-bond donors (Lipinski definition) is 2. The first-order chi connectivity index (χ1) is 20.1. The topological polar surface area (TPSA) is 125 Å². The van der Waals surface area contributed by atoms with Crippen molar-refractivity contribution in [2.45, 2.75) is 18.8 Å². The number of amides is 2. The van der Waals surface area contributed by atoms with Crippen LogP contribution in [-0.2, 0) is 22.3 Å². The summed E-state index contributed by atoms with van der Waals surface area (Å²) in [7, 11) is 0. The first kappa shape index (κ1) is 28.0. The molecule has 12 heteroatoms. The fourth-order valence-electron chi connectivity index (χ4n) is 4.52. The molecule has 0 aliphatic rings. The Bertz CT molecular complexity index is 1800. The number of halogens is 3. The average Bonchev–Trinajstić information content (AvgIpc) is 3.39. The molecular formula is C30H23F3N6O3. The molecule has 5 aromatic rings. The van der Waals surface area contributed by atoms with Crippen LogP contribution in [0, 0.1) is 0 Å². The van der Waals surface area contributed by atoms with Gasteiger partial charge in [0.15, 0.2) is 6.04 Å². The Labute approximate surface area is 237 Å². The molecule has 1 atom stereocenters. The first-order valence-corrected chi connectivity index (χ1v) is 12.6. The smallest absolute Gasteiger partial charge is 0.368 e. The maximum Gasteiger partial charge on any atom is 0.416 e. The van der Waals surface area contributed by atoms with Gasteiger partial charge in [0.25, 0.3) is 5.56 Å². The Morgan fingerprint density at radius 2 is 1.67 bits per heavy atom. The Hall–Kier alpha value is -5.52. The molecule has 2 amide bonds. The largest absolute Gasteiger partial charge is 0.416 e. The van der Waals surface area contributed by atoms with E-state index in [2.05, 4.69) is 15.4 Å². The molecule has 3 aromatic heterocycles. The van der Waals surface area contributed by atoms with Gasteiger partial charge in [-0.25, -0.2) is 4.68 Å². The third-order valence-corrected chi connectivity index (χ3v) is 6.41. The lowest BCUT2D eigenvalue weighted by atomic mass is 10.1. The van der Waals surface area contributed by atoms with Crippen LogP contribution in [0.2, 0.25) is 0 Å². The van der Waals surface area contributed by atoms with Crippen LogP contribution < -0.4 is 16.6 Å². The van der Waals surface area contributed by atoms with Gasteiger partial charge in [0.05, 0.1) is 22.6 Å². The zero-order valence-corrected chi connectivity index (χ0v) is 21.8. The van der Waals surface area contributed by atoms with E-state index >= 15 is 0 Å². The molecule has 42 heavy (non-hydrogen) atoms. The summed E-state index contributed by atoms with van der Waals surface area (Å²) in [5.41, 5.74) is 6.43. The number of nitrogens with one attached hydrogen (secondary N) is 1. The van der Waals surface area contributed by atoms with Gasteiger partial charge in [0.1, 0.15) is 6.54 Å². The number of carbonyl (C=O) groups is 2. The molecule has 5 rings (SSSR count). The summed E-state index contributed by atoms with van der Waals surface area (Å²) in [5, 5.41) is 7.09. The molecule has 212 valence electrons. The number of carbonyl (C=O) groups excluding carboxylic acids is 2. The van der Waals surface area contributed by atoms with E-state index in [9.17, 15) is 27.6 Å². The Morgan fingerprint density at radius 1 is 0.905 bits per heavy atom. The van der Waals surface area contributed by atoms with Crippen LogP contribution >= 0.6 is 0 Å². The highest BCUT2D eigenvalue weighted by atomic mass is 19.4.